The molecule has 0 heterocycles. The van der Waals surface area contributed by atoms with Gasteiger partial charge in [-0.05, 0) is 51.4 Å². The van der Waals surface area contributed by atoms with E-state index in [0.717, 1.165) is 62.8 Å². The van der Waals surface area contributed by atoms with Crippen LogP contribution in [0.5, 0.6) is 0 Å². The molecule has 2 fully saturated rings. The highest BCUT2D eigenvalue weighted by molar-refractivity contribution is 5.89. The number of carbonyl (C=O) groups excluding carboxylic acids is 2. The number of hydrogen-bond acceptors (Lipinski definition) is 4. The molecule has 0 spiro atoms. The number of carbonyl (C=O) groups is 2. The van der Waals surface area contributed by atoms with Gasteiger partial charge in [-0.2, -0.15) is 10.2 Å². The Bertz CT molecular complexity index is 399. The van der Waals surface area contributed by atoms with E-state index < -0.39 is 0 Å². The molecular formula is C16H26N4O2. The van der Waals surface area contributed by atoms with E-state index in [1.54, 1.807) is 0 Å². The lowest BCUT2D eigenvalue weighted by atomic mass is 9.99. The van der Waals surface area contributed by atoms with E-state index in [-0.39, 0.29) is 24.7 Å². The van der Waals surface area contributed by atoms with Crippen molar-refractivity contribution in [3.8, 4) is 0 Å². The van der Waals surface area contributed by atoms with Gasteiger partial charge in [-0.15, -0.1) is 0 Å². The summed E-state index contributed by atoms with van der Waals surface area (Å²) in [5, 5.41) is 8.28. The van der Waals surface area contributed by atoms with Gasteiger partial charge in [0.25, 0.3) is 0 Å². The lowest BCUT2D eigenvalue weighted by molar-refractivity contribution is -0.126. The zero-order valence-electron chi connectivity index (χ0n) is 13.2. The molecule has 2 amide bonds. The molecule has 2 saturated carbocycles. The minimum Gasteiger partial charge on any atom is -0.273 e. The van der Waals surface area contributed by atoms with Gasteiger partial charge in [-0.1, -0.05) is 12.8 Å². The summed E-state index contributed by atoms with van der Waals surface area (Å²) in [4.78, 5) is 23.3. The van der Waals surface area contributed by atoms with Gasteiger partial charge in [0.2, 0.25) is 11.8 Å². The summed E-state index contributed by atoms with van der Waals surface area (Å²) in [6.07, 6.45) is 11.3. The lowest BCUT2D eigenvalue weighted by Gasteiger charge is -2.12. The summed E-state index contributed by atoms with van der Waals surface area (Å²) >= 11 is 0. The van der Waals surface area contributed by atoms with Crippen molar-refractivity contribution in [1.82, 2.24) is 10.9 Å². The molecule has 0 bridgehead atoms. The molecule has 0 atom stereocenters. The van der Waals surface area contributed by atoms with Gasteiger partial charge >= 0.3 is 0 Å². The van der Waals surface area contributed by atoms with Crippen LogP contribution in [0.1, 0.15) is 77.0 Å². The molecular weight excluding hydrogens is 280 g/mol. The van der Waals surface area contributed by atoms with Crippen molar-refractivity contribution in [3.05, 3.63) is 0 Å². The van der Waals surface area contributed by atoms with Crippen LogP contribution in [-0.2, 0) is 9.59 Å². The number of amides is 2. The molecule has 0 saturated heterocycles. The number of rotatable bonds is 5. The SMILES string of the molecule is O=C(CCC(=O)NN=C1CCCCC1)NN=C1CCCCC1. The van der Waals surface area contributed by atoms with Crippen molar-refractivity contribution in [2.75, 3.05) is 0 Å². The standard InChI is InChI=1S/C16H26N4O2/c21-15(19-17-13-7-3-1-4-8-13)11-12-16(22)20-18-14-9-5-2-6-10-14/h1-12H2,(H,19,21)(H,20,22). The fourth-order valence-corrected chi connectivity index (χ4v) is 2.77. The molecule has 6 heteroatoms. The van der Waals surface area contributed by atoms with Gasteiger partial charge in [0, 0.05) is 24.3 Å². The molecule has 22 heavy (non-hydrogen) atoms. The first-order chi connectivity index (χ1) is 10.7. The second kappa shape index (κ2) is 9.33. The van der Waals surface area contributed by atoms with Crippen LogP contribution in [0.4, 0.5) is 0 Å². The molecule has 0 aromatic heterocycles. The molecule has 0 unspecified atom stereocenters. The van der Waals surface area contributed by atoms with Crippen LogP contribution in [0.2, 0.25) is 0 Å². The Morgan fingerprint density at radius 1 is 0.682 bits per heavy atom. The third-order valence-electron chi connectivity index (χ3n) is 4.12. The first kappa shape index (κ1) is 16.6. The first-order valence-corrected chi connectivity index (χ1v) is 8.42. The maximum absolute atomic E-state index is 11.7. The molecule has 0 aromatic rings. The Morgan fingerprint density at radius 3 is 1.41 bits per heavy atom. The van der Waals surface area contributed by atoms with Crippen molar-refractivity contribution in [1.29, 1.82) is 0 Å². The second-order valence-corrected chi connectivity index (χ2v) is 6.05. The maximum Gasteiger partial charge on any atom is 0.240 e. The van der Waals surface area contributed by atoms with Crippen LogP contribution in [0.15, 0.2) is 10.2 Å². The summed E-state index contributed by atoms with van der Waals surface area (Å²) in [5.41, 5.74) is 7.22. The fraction of sp³-hybridized carbons (Fsp3) is 0.750. The molecule has 122 valence electrons. The van der Waals surface area contributed by atoms with Crippen LogP contribution in [-0.4, -0.2) is 23.2 Å². The van der Waals surface area contributed by atoms with Gasteiger partial charge < -0.3 is 0 Å². The van der Waals surface area contributed by atoms with Gasteiger partial charge in [0.05, 0.1) is 0 Å². The number of nitrogens with one attached hydrogen (secondary N) is 2. The van der Waals surface area contributed by atoms with Crippen molar-refractivity contribution in [3.63, 3.8) is 0 Å². The third kappa shape index (κ3) is 6.37. The average Bonchev–Trinajstić information content (AvgIpc) is 2.58. The van der Waals surface area contributed by atoms with Crippen molar-refractivity contribution >= 4 is 23.2 Å². The summed E-state index contributed by atoms with van der Waals surface area (Å²) in [6.45, 7) is 0. The number of nitrogens with zero attached hydrogens (tertiary/aromatic N) is 2. The zero-order valence-corrected chi connectivity index (χ0v) is 13.2. The van der Waals surface area contributed by atoms with E-state index in [1.807, 2.05) is 0 Å². The summed E-state index contributed by atoms with van der Waals surface area (Å²) in [7, 11) is 0. The Labute approximate surface area is 131 Å². The molecule has 0 radical (unpaired) electrons. The van der Waals surface area contributed by atoms with Gasteiger partial charge in [0.15, 0.2) is 0 Å². The normalized spacial score (nSPS) is 18.5. The Balaban J connectivity index is 1.61. The van der Waals surface area contributed by atoms with Gasteiger partial charge in [0.1, 0.15) is 0 Å². The van der Waals surface area contributed by atoms with Crippen molar-refractivity contribution in [2.45, 2.75) is 77.0 Å². The second-order valence-electron chi connectivity index (χ2n) is 6.05. The first-order valence-electron chi connectivity index (χ1n) is 8.42. The van der Waals surface area contributed by atoms with E-state index in [9.17, 15) is 9.59 Å². The van der Waals surface area contributed by atoms with Crippen LogP contribution in [0, 0.1) is 0 Å². The quantitative estimate of drug-likeness (QED) is 0.765. The fourth-order valence-electron chi connectivity index (χ4n) is 2.77. The molecule has 2 aliphatic rings. The van der Waals surface area contributed by atoms with Gasteiger partial charge in [-0.25, -0.2) is 10.9 Å². The summed E-state index contributed by atoms with van der Waals surface area (Å²) in [6, 6.07) is 0. The number of hydrogen-bond donors (Lipinski definition) is 2. The Kier molecular flexibility index (Phi) is 7.06. The minimum atomic E-state index is -0.210. The van der Waals surface area contributed by atoms with E-state index in [1.165, 1.54) is 12.8 Å². The molecule has 0 aromatic carbocycles. The minimum absolute atomic E-state index is 0.146. The Hall–Kier alpha value is -1.72. The van der Waals surface area contributed by atoms with E-state index in [0.29, 0.717) is 0 Å². The van der Waals surface area contributed by atoms with Crippen LogP contribution in [0.25, 0.3) is 0 Å². The average molecular weight is 306 g/mol. The molecule has 6 nitrogen and oxygen atoms in total. The predicted molar refractivity (Wildman–Crippen MR) is 86.6 cm³/mol. The Morgan fingerprint density at radius 2 is 1.05 bits per heavy atom. The highest BCUT2D eigenvalue weighted by Crippen LogP contribution is 2.15. The smallest absolute Gasteiger partial charge is 0.240 e. The van der Waals surface area contributed by atoms with Crippen molar-refractivity contribution < 1.29 is 9.59 Å². The lowest BCUT2D eigenvalue weighted by Crippen LogP contribution is -2.25. The summed E-state index contributed by atoms with van der Waals surface area (Å²) in [5.74, 6) is -0.419. The van der Waals surface area contributed by atoms with E-state index >= 15 is 0 Å². The largest absolute Gasteiger partial charge is 0.273 e. The molecule has 2 N–H and O–H groups in total. The topological polar surface area (TPSA) is 82.9 Å². The highest BCUT2D eigenvalue weighted by atomic mass is 16.2. The van der Waals surface area contributed by atoms with Crippen molar-refractivity contribution in [2.24, 2.45) is 10.2 Å². The molecule has 0 aliphatic heterocycles. The van der Waals surface area contributed by atoms with Crippen LogP contribution >= 0.6 is 0 Å². The maximum atomic E-state index is 11.7. The van der Waals surface area contributed by atoms with Gasteiger partial charge in [-0.3, -0.25) is 9.59 Å². The van der Waals surface area contributed by atoms with E-state index in [4.69, 9.17) is 0 Å². The molecule has 2 aliphatic carbocycles. The van der Waals surface area contributed by atoms with E-state index in [2.05, 4.69) is 21.1 Å². The number of hydrazone groups is 2. The predicted octanol–water partition coefficient (Wildman–Crippen LogP) is 2.64. The molecule has 2 rings (SSSR count). The third-order valence-corrected chi connectivity index (χ3v) is 4.12. The summed E-state index contributed by atoms with van der Waals surface area (Å²) < 4.78 is 0. The zero-order chi connectivity index (χ0) is 15.6. The highest BCUT2D eigenvalue weighted by Gasteiger charge is 2.10. The van der Waals surface area contributed by atoms with Crippen LogP contribution < -0.4 is 10.9 Å². The monoisotopic (exact) mass is 306 g/mol. The van der Waals surface area contributed by atoms with Crippen LogP contribution in [0.3, 0.4) is 0 Å².